The van der Waals surface area contributed by atoms with Crippen LogP contribution in [0.15, 0.2) is 0 Å². The van der Waals surface area contributed by atoms with Gasteiger partial charge in [0.05, 0.1) is 0 Å². The molecule has 0 aromatic heterocycles. The fourth-order valence-corrected chi connectivity index (χ4v) is 4.15. The molecule has 6 heteroatoms. The number of hydrogen-bond donors (Lipinski definition) is 1. The fraction of sp³-hybridized carbons (Fsp3) is 0.833. The van der Waals surface area contributed by atoms with Gasteiger partial charge in [0.2, 0.25) is 5.91 Å². The van der Waals surface area contributed by atoms with E-state index in [-0.39, 0.29) is 18.4 Å². The second-order valence-electron chi connectivity index (χ2n) is 7.73. The molecule has 0 unspecified atom stereocenters. The highest BCUT2D eigenvalue weighted by atomic mass is 16.2. The minimum atomic E-state index is -0.750. The molecule has 1 aliphatic carbocycles. The van der Waals surface area contributed by atoms with Crippen LogP contribution in [0.3, 0.4) is 0 Å². The number of rotatable bonds is 2. The average Bonchev–Trinajstić information content (AvgIpc) is 2.74. The normalized spacial score (nSPS) is 31.8. The standard InChI is InChI=1S/C18H29N3O3/c1-14-7-9-18(10-8-14)16(23)21(17(24)19-18)13-15(22)20-11-5-3-2-4-6-12-20/h14H,2-13H2,1H3,(H,19,24). The molecule has 6 nitrogen and oxygen atoms in total. The van der Waals surface area contributed by atoms with Gasteiger partial charge in [-0.15, -0.1) is 0 Å². The summed E-state index contributed by atoms with van der Waals surface area (Å²) >= 11 is 0. The average molecular weight is 335 g/mol. The number of nitrogens with one attached hydrogen (secondary N) is 1. The third-order valence-electron chi connectivity index (χ3n) is 5.88. The monoisotopic (exact) mass is 335 g/mol. The lowest BCUT2D eigenvalue weighted by Gasteiger charge is -2.33. The predicted molar refractivity (Wildman–Crippen MR) is 90.3 cm³/mol. The molecule has 0 atom stereocenters. The number of likely N-dealkylation sites (tertiary alicyclic amines) is 1. The van der Waals surface area contributed by atoms with E-state index in [1.165, 1.54) is 6.42 Å². The molecule has 3 rings (SSSR count). The van der Waals surface area contributed by atoms with Gasteiger partial charge in [-0.1, -0.05) is 26.2 Å². The third kappa shape index (κ3) is 3.42. The van der Waals surface area contributed by atoms with Crippen molar-refractivity contribution in [2.75, 3.05) is 19.6 Å². The van der Waals surface area contributed by atoms with Gasteiger partial charge in [0, 0.05) is 13.1 Å². The minimum absolute atomic E-state index is 0.0957. The first-order valence-electron chi connectivity index (χ1n) is 9.44. The van der Waals surface area contributed by atoms with E-state index in [1.807, 2.05) is 4.90 Å². The van der Waals surface area contributed by atoms with Gasteiger partial charge in [0.15, 0.2) is 0 Å². The van der Waals surface area contributed by atoms with Crippen LogP contribution in [0.25, 0.3) is 0 Å². The number of imide groups is 1. The van der Waals surface area contributed by atoms with Crippen molar-refractivity contribution >= 4 is 17.8 Å². The van der Waals surface area contributed by atoms with E-state index in [2.05, 4.69) is 12.2 Å². The highest BCUT2D eigenvalue weighted by molar-refractivity contribution is 6.09. The van der Waals surface area contributed by atoms with Gasteiger partial charge in [0.1, 0.15) is 12.1 Å². The Morgan fingerprint density at radius 3 is 2.29 bits per heavy atom. The summed E-state index contributed by atoms with van der Waals surface area (Å²) in [6.45, 7) is 3.55. The van der Waals surface area contributed by atoms with E-state index in [1.54, 1.807) is 0 Å². The van der Waals surface area contributed by atoms with Gasteiger partial charge in [0.25, 0.3) is 5.91 Å². The third-order valence-corrected chi connectivity index (χ3v) is 5.88. The fourth-order valence-electron chi connectivity index (χ4n) is 4.15. The van der Waals surface area contributed by atoms with Crippen LogP contribution in [-0.2, 0) is 9.59 Å². The van der Waals surface area contributed by atoms with Crippen LogP contribution in [-0.4, -0.2) is 52.8 Å². The Labute approximate surface area is 143 Å². The quantitative estimate of drug-likeness (QED) is 0.787. The maximum Gasteiger partial charge on any atom is 0.325 e. The number of hydrogen-bond acceptors (Lipinski definition) is 3. The summed E-state index contributed by atoms with van der Waals surface area (Å²) in [5, 5.41) is 2.89. The zero-order valence-corrected chi connectivity index (χ0v) is 14.7. The maximum atomic E-state index is 12.8. The lowest BCUT2D eigenvalue weighted by atomic mass is 9.77. The molecule has 134 valence electrons. The van der Waals surface area contributed by atoms with Crippen LogP contribution < -0.4 is 5.32 Å². The Hall–Kier alpha value is -1.59. The zero-order chi connectivity index (χ0) is 17.2. The molecule has 0 aromatic carbocycles. The Morgan fingerprint density at radius 1 is 1.08 bits per heavy atom. The lowest BCUT2D eigenvalue weighted by Crippen LogP contribution is -2.50. The van der Waals surface area contributed by atoms with Crippen molar-refractivity contribution < 1.29 is 14.4 Å². The summed E-state index contributed by atoms with van der Waals surface area (Å²) in [5.74, 6) is 0.304. The molecule has 24 heavy (non-hydrogen) atoms. The molecule has 0 aromatic rings. The molecule has 2 saturated heterocycles. The van der Waals surface area contributed by atoms with Gasteiger partial charge in [-0.2, -0.15) is 0 Å². The number of amides is 4. The van der Waals surface area contributed by atoms with Crippen molar-refractivity contribution in [2.24, 2.45) is 5.92 Å². The number of carbonyl (C=O) groups excluding carboxylic acids is 3. The van der Waals surface area contributed by atoms with Gasteiger partial charge in [-0.25, -0.2) is 4.79 Å². The number of urea groups is 1. The SMILES string of the molecule is CC1CCC2(CC1)NC(=O)N(CC(=O)N1CCCCCCC1)C2=O. The molecular formula is C18H29N3O3. The van der Waals surface area contributed by atoms with E-state index in [4.69, 9.17) is 0 Å². The van der Waals surface area contributed by atoms with Crippen molar-refractivity contribution in [1.82, 2.24) is 15.1 Å². The van der Waals surface area contributed by atoms with E-state index in [9.17, 15) is 14.4 Å². The highest BCUT2D eigenvalue weighted by Crippen LogP contribution is 2.36. The van der Waals surface area contributed by atoms with E-state index in [0.717, 1.165) is 56.5 Å². The molecular weight excluding hydrogens is 306 g/mol. The van der Waals surface area contributed by atoms with Crippen molar-refractivity contribution in [3.05, 3.63) is 0 Å². The molecule has 4 amide bonds. The molecule has 0 radical (unpaired) electrons. The van der Waals surface area contributed by atoms with Gasteiger partial charge >= 0.3 is 6.03 Å². The molecule has 1 saturated carbocycles. The molecule has 2 aliphatic heterocycles. The van der Waals surface area contributed by atoms with Crippen LogP contribution in [0.4, 0.5) is 4.79 Å². The van der Waals surface area contributed by atoms with E-state index in [0.29, 0.717) is 18.8 Å². The molecule has 0 bridgehead atoms. The smallest absolute Gasteiger partial charge is 0.325 e. The number of nitrogens with zero attached hydrogens (tertiary/aromatic N) is 2. The number of carbonyl (C=O) groups is 3. The summed E-state index contributed by atoms with van der Waals surface area (Å²) in [7, 11) is 0. The van der Waals surface area contributed by atoms with Crippen molar-refractivity contribution in [1.29, 1.82) is 0 Å². The highest BCUT2D eigenvalue weighted by Gasteiger charge is 2.52. The van der Waals surface area contributed by atoms with Crippen LogP contribution in [0.1, 0.15) is 64.7 Å². The van der Waals surface area contributed by atoms with Crippen LogP contribution in [0.5, 0.6) is 0 Å². The van der Waals surface area contributed by atoms with Gasteiger partial charge < -0.3 is 10.2 Å². The summed E-state index contributed by atoms with van der Waals surface area (Å²) in [6.07, 6.45) is 8.81. The Morgan fingerprint density at radius 2 is 1.67 bits per heavy atom. The van der Waals surface area contributed by atoms with Crippen molar-refractivity contribution in [2.45, 2.75) is 70.3 Å². The van der Waals surface area contributed by atoms with Crippen LogP contribution in [0, 0.1) is 5.92 Å². The van der Waals surface area contributed by atoms with E-state index < -0.39 is 11.6 Å². The maximum absolute atomic E-state index is 12.8. The Bertz CT molecular complexity index is 504. The second-order valence-corrected chi connectivity index (χ2v) is 7.73. The van der Waals surface area contributed by atoms with Crippen molar-refractivity contribution in [3.63, 3.8) is 0 Å². The largest absolute Gasteiger partial charge is 0.341 e. The van der Waals surface area contributed by atoms with Crippen LogP contribution >= 0.6 is 0 Å². The molecule has 3 fully saturated rings. The molecule has 1 N–H and O–H groups in total. The van der Waals surface area contributed by atoms with E-state index >= 15 is 0 Å². The molecule has 1 spiro atoms. The van der Waals surface area contributed by atoms with Gasteiger partial charge in [-0.3, -0.25) is 14.5 Å². The predicted octanol–water partition coefficient (Wildman–Crippen LogP) is 2.28. The molecule has 2 heterocycles. The zero-order valence-electron chi connectivity index (χ0n) is 14.7. The molecule has 3 aliphatic rings. The summed E-state index contributed by atoms with van der Waals surface area (Å²) in [5.41, 5.74) is -0.750. The first-order valence-corrected chi connectivity index (χ1v) is 9.44. The lowest BCUT2D eigenvalue weighted by molar-refractivity contribution is -0.139. The first kappa shape index (κ1) is 17.2. The second kappa shape index (κ2) is 7.11. The summed E-state index contributed by atoms with van der Waals surface area (Å²) in [4.78, 5) is 40.7. The topological polar surface area (TPSA) is 69.7 Å². The van der Waals surface area contributed by atoms with Crippen molar-refractivity contribution in [3.8, 4) is 0 Å². The summed E-state index contributed by atoms with van der Waals surface area (Å²) in [6, 6.07) is -0.394. The Kier molecular flexibility index (Phi) is 5.11. The first-order chi connectivity index (χ1) is 11.5. The minimum Gasteiger partial charge on any atom is -0.341 e. The van der Waals surface area contributed by atoms with Crippen LogP contribution in [0.2, 0.25) is 0 Å². The summed E-state index contributed by atoms with van der Waals surface area (Å²) < 4.78 is 0. The Balaban J connectivity index is 1.63. The van der Waals surface area contributed by atoms with Gasteiger partial charge in [-0.05, 0) is 44.4 Å².